The van der Waals surface area contributed by atoms with E-state index < -0.39 is 5.97 Å². The average Bonchev–Trinajstić information content (AvgIpc) is 3.07. The maximum Gasteiger partial charge on any atom is 0.335 e. The molecule has 162 valence electrons. The highest BCUT2D eigenvalue weighted by Gasteiger charge is 2.17. The second-order valence-electron chi connectivity index (χ2n) is 7.35. The topological polar surface area (TPSA) is 87.5 Å². The Balaban J connectivity index is 1.91. The van der Waals surface area contributed by atoms with Crippen LogP contribution in [0.5, 0.6) is 0 Å². The van der Waals surface area contributed by atoms with E-state index in [-0.39, 0.29) is 11.5 Å². The minimum absolute atomic E-state index is 0.107. The minimum atomic E-state index is -1.05. The lowest BCUT2D eigenvalue weighted by atomic mass is 10.1. The Bertz CT molecular complexity index is 1090. The van der Waals surface area contributed by atoms with Gasteiger partial charge < -0.3 is 15.3 Å². The molecule has 1 aromatic heterocycles. The van der Waals surface area contributed by atoms with Crippen LogP contribution in [0, 0.1) is 6.92 Å². The SMILES string of the molecule is CCCn1nc(C)cc1CN(C)c1ccc(C(=O)O)cc1NC(=O)c1ccc(Br)cc1. The highest BCUT2D eigenvalue weighted by Crippen LogP contribution is 2.29. The number of hydrogen-bond donors (Lipinski definition) is 2. The maximum atomic E-state index is 12.8. The molecule has 0 aliphatic carbocycles. The maximum absolute atomic E-state index is 12.8. The second kappa shape index (κ2) is 9.78. The molecule has 3 aromatic rings. The van der Waals surface area contributed by atoms with E-state index in [0.29, 0.717) is 17.8 Å². The third-order valence-electron chi connectivity index (χ3n) is 4.83. The summed E-state index contributed by atoms with van der Waals surface area (Å²) < 4.78 is 2.86. The number of carboxylic acid groups (broad SMARTS) is 1. The Hall–Kier alpha value is -3.13. The quantitative estimate of drug-likeness (QED) is 0.472. The van der Waals surface area contributed by atoms with Gasteiger partial charge >= 0.3 is 5.97 Å². The first-order chi connectivity index (χ1) is 14.8. The standard InChI is InChI=1S/C23H25BrN4O3/c1-4-11-28-19(12-15(2)26-28)14-27(3)21-10-7-17(23(30)31)13-20(21)25-22(29)16-5-8-18(24)9-6-16/h5-10,12-13H,4,11,14H2,1-3H3,(H,25,29)(H,30,31). The van der Waals surface area contributed by atoms with Crippen molar-refractivity contribution in [3.05, 3.63) is 75.5 Å². The van der Waals surface area contributed by atoms with Crippen LogP contribution in [0.25, 0.3) is 0 Å². The van der Waals surface area contributed by atoms with Gasteiger partial charge in [0.25, 0.3) is 5.91 Å². The molecule has 0 radical (unpaired) electrons. The fourth-order valence-corrected chi connectivity index (χ4v) is 3.62. The highest BCUT2D eigenvalue weighted by molar-refractivity contribution is 9.10. The van der Waals surface area contributed by atoms with E-state index >= 15 is 0 Å². The number of aromatic carboxylic acids is 1. The number of hydrogen-bond acceptors (Lipinski definition) is 4. The van der Waals surface area contributed by atoms with Crippen LogP contribution in [0.4, 0.5) is 11.4 Å². The fraction of sp³-hybridized carbons (Fsp3) is 0.261. The number of nitrogens with zero attached hydrogens (tertiary/aromatic N) is 3. The summed E-state index contributed by atoms with van der Waals surface area (Å²) in [6.07, 6.45) is 0.972. The molecule has 3 rings (SSSR count). The van der Waals surface area contributed by atoms with Crippen molar-refractivity contribution < 1.29 is 14.7 Å². The summed E-state index contributed by atoms with van der Waals surface area (Å²) in [6.45, 7) is 5.45. The first-order valence-corrected chi connectivity index (χ1v) is 10.8. The molecule has 8 heteroatoms. The van der Waals surface area contributed by atoms with Crippen LogP contribution in [0.3, 0.4) is 0 Å². The van der Waals surface area contributed by atoms with E-state index in [1.165, 1.54) is 12.1 Å². The van der Waals surface area contributed by atoms with Gasteiger partial charge in [0.05, 0.1) is 34.9 Å². The number of anilines is 2. The number of aromatic nitrogens is 2. The summed E-state index contributed by atoms with van der Waals surface area (Å²) in [5, 5.41) is 16.8. The van der Waals surface area contributed by atoms with Gasteiger partial charge in [-0.3, -0.25) is 9.48 Å². The van der Waals surface area contributed by atoms with Crippen LogP contribution >= 0.6 is 15.9 Å². The Morgan fingerprint density at radius 2 is 1.81 bits per heavy atom. The van der Waals surface area contributed by atoms with Gasteiger partial charge in [0, 0.05) is 23.6 Å². The number of aryl methyl sites for hydroxylation is 2. The monoisotopic (exact) mass is 484 g/mol. The summed E-state index contributed by atoms with van der Waals surface area (Å²) in [4.78, 5) is 26.2. The van der Waals surface area contributed by atoms with Crippen LogP contribution in [0.15, 0.2) is 53.0 Å². The number of rotatable bonds is 8. The van der Waals surface area contributed by atoms with Crippen LogP contribution in [0.2, 0.25) is 0 Å². The molecule has 0 bridgehead atoms. The molecule has 2 aromatic carbocycles. The molecule has 1 amide bonds. The Morgan fingerprint density at radius 1 is 1.13 bits per heavy atom. The van der Waals surface area contributed by atoms with Crippen LogP contribution in [-0.2, 0) is 13.1 Å². The van der Waals surface area contributed by atoms with E-state index in [9.17, 15) is 14.7 Å². The van der Waals surface area contributed by atoms with E-state index in [4.69, 9.17) is 0 Å². The third-order valence-corrected chi connectivity index (χ3v) is 5.36. The van der Waals surface area contributed by atoms with Crippen molar-refractivity contribution in [1.29, 1.82) is 0 Å². The van der Waals surface area contributed by atoms with Gasteiger partial charge in [-0.1, -0.05) is 22.9 Å². The zero-order valence-electron chi connectivity index (χ0n) is 17.7. The molecule has 1 heterocycles. The lowest BCUT2D eigenvalue weighted by Gasteiger charge is -2.23. The fourth-order valence-electron chi connectivity index (χ4n) is 3.36. The van der Waals surface area contributed by atoms with Crippen molar-refractivity contribution in [2.45, 2.75) is 33.4 Å². The normalized spacial score (nSPS) is 10.7. The lowest BCUT2D eigenvalue weighted by Crippen LogP contribution is -2.22. The highest BCUT2D eigenvalue weighted by atomic mass is 79.9. The Labute approximate surface area is 189 Å². The molecule has 0 aliphatic rings. The number of halogens is 1. The van der Waals surface area contributed by atoms with Crippen molar-refractivity contribution in [3.63, 3.8) is 0 Å². The zero-order valence-corrected chi connectivity index (χ0v) is 19.3. The average molecular weight is 485 g/mol. The molecule has 7 nitrogen and oxygen atoms in total. The number of amides is 1. The van der Waals surface area contributed by atoms with E-state index in [1.807, 2.05) is 29.6 Å². The number of carbonyl (C=O) groups excluding carboxylic acids is 1. The van der Waals surface area contributed by atoms with Crippen LogP contribution in [-0.4, -0.2) is 33.8 Å². The Morgan fingerprint density at radius 3 is 2.45 bits per heavy atom. The largest absolute Gasteiger partial charge is 0.478 e. The van der Waals surface area contributed by atoms with Crippen molar-refractivity contribution in [2.75, 3.05) is 17.3 Å². The number of benzene rings is 2. The molecule has 0 saturated heterocycles. The summed E-state index contributed by atoms with van der Waals surface area (Å²) >= 11 is 3.36. The summed E-state index contributed by atoms with van der Waals surface area (Å²) in [7, 11) is 1.91. The predicted molar refractivity (Wildman–Crippen MR) is 125 cm³/mol. The number of carboxylic acids is 1. The zero-order chi connectivity index (χ0) is 22.5. The molecule has 0 atom stereocenters. The molecule has 0 spiro atoms. The Kier molecular flexibility index (Phi) is 7.12. The van der Waals surface area contributed by atoms with E-state index in [1.54, 1.807) is 30.3 Å². The van der Waals surface area contributed by atoms with Gasteiger partial charge in [0.15, 0.2) is 0 Å². The second-order valence-corrected chi connectivity index (χ2v) is 8.27. The van der Waals surface area contributed by atoms with Gasteiger partial charge in [0.2, 0.25) is 0 Å². The van der Waals surface area contributed by atoms with E-state index in [0.717, 1.165) is 34.5 Å². The van der Waals surface area contributed by atoms with Gasteiger partial charge in [0.1, 0.15) is 0 Å². The number of carbonyl (C=O) groups is 2. The first-order valence-electron chi connectivity index (χ1n) is 9.97. The van der Waals surface area contributed by atoms with Crippen LogP contribution < -0.4 is 10.2 Å². The summed E-state index contributed by atoms with van der Waals surface area (Å²) in [5.41, 5.74) is 3.74. The number of nitrogens with one attached hydrogen (secondary N) is 1. The molecule has 0 aliphatic heterocycles. The molecular formula is C23H25BrN4O3. The molecule has 31 heavy (non-hydrogen) atoms. The van der Waals surface area contributed by atoms with Gasteiger partial charge in [-0.2, -0.15) is 5.10 Å². The van der Waals surface area contributed by atoms with Crippen molar-refractivity contribution in [3.8, 4) is 0 Å². The summed E-state index contributed by atoms with van der Waals surface area (Å²) in [5.74, 6) is -1.36. The van der Waals surface area contributed by atoms with E-state index in [2.05, 4.69) is 33.3 Å². The predicted octanol–water partition coefficient (Wildman–Crippen LogP) is 4.95. The van der Waals surface area contributed by atoms with Gasteiger partial charge in [-0.05, 0) is 61.9 Å². The summed E-state index contributed by atoms with van der Waals surface area (Å²) in [6, 6.07) is 13.8. The molecule has 0 fully saturated rings. The van der Waals surface area contributed by atoms with Gasteiger partial charge in [-0.25, -0.2) is 4.79 Å². The molecule has 2 N–H and O–H groups in total. The minimum Gasteiger partial charge on any atom is -0.478 e. The van der Waals surface area contributed by atoms with Crippen molar-refractivity contribution in [1.82, 2.24) is 9.78 Å². The van der Waals surface area contributed by atoms with Crippen LogP contribution in [0.1, 0.15) is 45.4 Å². The van der Waals surface area contributed by atoms with Crippen molar-refractivity contribution >= 4 is 39.2 Å². The van der Waals surface area contributed by atoms with Gasteiger partial charge in [-0.15, -0.1) is 0 Å². The molecule has 0 saturated carbocycles. The van der Waals surface area contributed by atoms with Crippen molar-refractivity contribution in [2.24, 2.45) is 0 Å². The third kappa shape index (κ3) is 5.52. The first kappa shape index (κ1) is 22.6. The smallest absolute Gasteiger partial charge is 0.335 e. The molecular weight excluding hydrogens is 460 g/mol. The lowest BCUT2D eigenvalue weighted by molar-refractivity contribution is 0.0696. The molecule has 0 unspecified atom stereocenters.